The summed E-state index contributed by atoms with van der Waals surface area (Å²) >= 11 is 0. The monoisotopic (exact) mass is 275 g/mol. The van der Waals surface area contributed by atoms with Crippen molar-refractivity contribution >= 4 is 17.3 Å². The van der Waals surface area contributed by atoms with E-state index in [1.165, 1.54) is 25.7 Å². The van der Waals surface area contributed by atoms with Crippen LogP contribution < -0.4 is 16.0 Å². The van der Waals surface area contributed by atoms with E-state index in [1.54, 1.807) is 0 Å². The van der Waals surface area contributed by atoms with Gasteiger partial charge in [0.05, 0.1) is 6.61 Å². The van der Waals surface area contributed by atoms with Gasteiger partial charge in [0.15, 0.2) is 0 Å². The lowest BCUT2D eigenvalue weighted by atomic mass is 10.1. The summed E-state index contributed by atoms with van der Waals surface area (Å²) in [5.41, 5.74) is 8.55. The molecule has 0 saturated heterocycles. The first-order valence-electron chi connectivity index (χ1n) is 7.28. The third-order valence-corrected chi connectivity index (χ3v) is 4.35. The Balaban J connectivity index is 1.88. The maximum atomic E-state index is 11.6. The van der Waals surface area contributed by atoms with Gasteiger partial charge in [0.25, 0.3) is 0 Å². The van der Waals surface area contributed by atoms with E-state index in [9.17, 15) is 9.90 Å². The highest BCUT2D eigenvalue weighted by Crippen LogP contribution is 2.35. The SMILES string of the molecule is NC1C(=O)Nc2cc(N(CCO)C3CCCC3)ccc21. The molecular weight excluding hydrogens is 254 g/mol. The Morgan fingerprint density at radius 2 is 2.10 bits per heavy atom. The van der Waals surface area contributed by atoms with E-state index in [4.69, 9.17) is 5.73 Å². The molecule has 1 heterocycles. The predicted octanol–water partition coefficient (Wildman–Crippen LogP) is 1.38. The summed E-state index contributed by atoms with van der Waals surface area (Å²) in [5.74, 6) is -0.147. The van der Waals surface area contributed by atoms with Gasteiger partial charge < -0.3 is 21.1 Å². The minimum absolute atomic E-state index is 0.138. The van der Waals surface area contributed by atoms with Crippen LogP contribution in [0.4, 0.5) is 11.4 Å². The molecule has 1 fully saturated rings. The summed E-state index contributed by atoms with van der Waals surface area (Å²) in [4.78, 5) is 13.9. The van der Waals surface area contributed by atoms with Crippen molar-refractivity contribution in [3.63, 3.8) is 0 Å². The largest absolute Gasteiger partial charge is 0.395 e. The van der Waals surface area contributed by atoms with Crippen molar-refractivity contribution in [2.24, 2.45) is 5.73 Å². The highest BCUT2D eigenvalue weighted by Gasteiger charge is 2.29. The number of hydrogen-bond acceptors (Lipinski definition) is 4. The number of fused-ring (bicyclic) bond motifs is 1. The molecule has 2 aliphatic rings. The van der Waals surface area contributed by atoms with E-state index in [1.807, 2.05) is 18.2 Å². The Kier molecular flexibility index (Phi) is 3.63. The van der Waals surface area contributed by atoms with Crippen LogP contribution in [0, 0.1) is 0 Å². The first kappa shape index (κ1) is 13.4. The number of nitrogens with zero attached hydrogens (tertiary/aromatic N) is 1. The summed E-state index contributed by atoms with van der Waals surface area (Å²) in [6, 6.07) is 5.84. The Morgan fingerprint density at radius 3 is 2.80 bits per heavy atom. The van der Waals surface area contributed by atoms with E-state index < -0.39 is 6.04 Å². The van der Waals surface area contributed by atoms with Gasteiger partial charge in [-0.05, 0) is 25.0 Å². The number of hydrogen-bond donors (Lipinski definition) is 3. The molecule has 1 aliphatic heterocycles. The van der Waals surface area contributed by atoms with Crippen LogP contribution in [0.5, 0.6) is 0 Å². The standard InChI is InChI=1S/C15H21N3O2/c16-14-12-6-5-11(9-13(12)17-15(14)20)18(7-8-19)10-3-1-2-4-10/h5-6,9-10,14,19H,1-4,7-8,16H2,(H,17,20). The number of carbonyl (C=O) groups excluding carboxylic acids is 1. The predicted molar refractivity (Wildman–Crippen MR) is 78.7 cm³/mol. The van der Waals surface area contributed by atoms with E-state index in [2.05, 4.69) is 10.2 Å². The number of rotatable bonds is 4. The molecule has 108 valence electrons. The molecule has 0 aromatic heterocycles. The van der Waals surface area contributed by atoms with Gasteiger partial charge in [-0.3, -0.25) is 4.79 Å². The normalized spacial score (nSPS) is 21.9. The van der Waals surface area contributed by atoms with Gasteiger partial charge in [0.1, 0.15) is 6.04 Å². The number of aliphatic hydroxyl groups excluding tert-OH is 1. The molecule has 5 nitrogen and oxygen atoms in total. The molecule has 1 unspecified atom stereocenters. The smallest absolute Gasteiger partial charge is 0.245 e. The summed E-state index contributed by atoms with van der Waals surface area (Å²) in [5, 5.41) is 12.1. The topological polar surface area (TPSA) is 78.6 Å². The average Bonchev–Trinajstić information content (AvgIpc) is 3.06. The number of aliphatic hydroxyl groups is 1. The van der Waals surface area contributed by atoms with Crippen LogP contribution >= 0.6 is 0 Å². The lowest BCUT2D eigenvalue weighted by molar-refractivity contribution is -0.116. The second-order valence-electron chi connectivity index (χ2n) is 5.59. The van der Waals surface area contributed by atoms with E-state index in [0.29, 0.717) is 12.6 Å². The molecule has 0 radical (unpaired) electrons. The number of amides is 1. The molecule has 1 saturated carbocycles. The summed E-state index contributed by atoms with van der Waals surface area (Å²) < 4.78 is 0. The number of anilines is 2. The van der Waals surface area contributed by atoms with Crippen LogP contribution in [-0.4, -0.2) is 30.2 Å². The number of carbonyl (C=O) groups is 1. The van der Waals surface area contributed by atoms with Gasteiger partial charge >= 0.3 is 0 Å². The van der Waals surface area contributed by atoms with Crippen molar-refractivity contribution in [3.8, 4) is 0 Å². The summed E-state index contributed by atoms with van der Waals surface area (Å²) in [6.07, 6.45) is 4.84. The Morgan fingerprint density at radius 1 is 1.35 bits per heavy atom. The summed E-state index contributed by atoms with van der Waals surface area (Å²) in [6.45, 7) is 0.767. The zero-order valence-electron chi connectivity index (χ0n) is 11.5. The fourth-order valence-electron chi connectivity index (χ4n) is 3.30. The minimum Gasteiger partial charge on any atom is -0.395 e. The van der Waals surface area contributed by atoms with Gasteiger partial charge in [0.2, 0.25) is 5.91 Å². The molecule has 1 aromatic carbocycles. The van der Waals surface area contributed by atoms with Crippen molar-refractivity contribution < 1.29 is 9.90 Å². The van der Waals surface area contributed by atoms with Crippen molar-refractivity contribution in [1.29, 1.82) is 0 Å². The zero-order valence-corrected chi connectivity index (χ0v) is 11.5. The molecule has 0 spiro atoms. The number of benzene rings is 1. The molecule has 1 atom stereocenters. The fourth-order valence-corrected chi connectivity index (χ4v) is 3.30. The molecule has 1 amide bonds. The third kappa shape index (κ3) is 2.27. The first-order valence-corrected chi connectivity index (χ1v) is 7.28. The minimum atomic E-state index is -0.558. The fraction of sp³-hybridized carbons (Fsp3) is 0.533. The molecular formula is C15H21N3O2. The molecule has 1 aliphatic carbocycles. The maximum Gasteiger partial charge on any atom is 0.245 e. The van der Waals surface area contributed by atoms with Crippen molar-refractivity contribution in [3.05, 3.63) is 23.8 Å². The Labute approximate surface area is 118 Å². The third-order valence-electron chi connectivity index (χ3n) is 4.35. The van der Waals surface area contributed by atoms with Gasteiger partial charge in [-0.15, -0.1) is 0 Å². The second-order valence-corrected chi connectivity index (χ2v) is 5.59. The van der Waals surface area contributed by atoms with Crippen molar-refractivity contribution in [1.82, 2.24) is 0 Å². The first-order chi connectivity index (χ1) is 9.70. The number of nitrogens with two attached hydrogens (primary N) is 1. The zero-order chi connectivity index (χ0) is 14.1. The van der Waals surface area contributed by atoms with E-state index in [-0.39, 0.29) is 12.5 Å². The van der Waals surface area contributed by atoms with Crippen molar-refractivity contribution in [2.45, 2.75) is 37.8 Å². The van der Waals surface area contributed by atoms with Crippen LogP contribution in [-0.2, 0) is 4.79 Å². The molecule has 0 bridgehead atoms. The second kappa shape index (κ2) is 5.42. The molecule has 3 rings (SSSR count). The van der Waals surface area contributed by atoms with E-state index in [0.717, 1.165) is 16.9 Å². The van der Waals surface area contributed by atoms with Gasteiger partial charge in [-0.2, -0.15) is 0 Å². The lowest BCUT2D eigenvalue weighted by Crippen LogP contribution is -2.35. The molecule has 5 heteroatoms. The Hall–Kier alpha value is -1.59. The molecule has 1 aromatic rings. The number of nitrogens with one attached hydrogen (secondary N) is 1. The maximum absolute atomic E-state index is 11.6. The van der Waals surface area contributed by atoms with Crippen LogP contribution in [0.25, 0.3) is 0 Å². The quantitative estimate of drug-likeness (QED) is 0.775. The van der Waals surface area contributed by atoms with Crippen molar-refractivity contribution in [2.75, 3.05) is 23.4 Å². The molecule has 4 N–H and O–H groups in total. The lowest BCUT2D eigenvalue weighted by Gasteiger charge is -2.31. The van der Waals surface area contributed by atoms with Gasteiger partial charge in [0, 0.05) is 29.5 Å². The average molecular weight is 275 g/mol. The van der Waals surface area contributed by atoms with Crippen LogP contribution in [0.1, 0.15) is 37.3 Å². The van der Waals surface area contributed by atoms with Crippen LogP contribution in [0.3, 0.4) is 0 Å². The summed E-state index contributed by atoms with van der Waals surface area (Å²) in [7, 11) is 0. The van der Waals surface area contributed by atoms with Gasteiger partial charge in [-0.25, -0.2) is 0 Å². The highest BCUT2D eigenvalue weighted by molar-refractivity contribution is 6.02. The van der Waals surface area contributed by atoms with Crippen LogP contribution in [0.15, 0.2) is 18.2 Å². The molecule has 20 heavy (non-hydrogen) atoms. The highest BCUT2D eigenvalue weighted by atomic mass is 16.3. The van der Waals surface area contributed by atoms with Gasteiger partial charge in [-0.1, -0.05) is 18.9 Å². The Bertz CT molecular complexity index is 512. The van der Waals surface area contributed by atoms with E-state index >= 15 is 0 Å². The van der Waals surface area contributed by atoms with Crippen LogP contribution in [0.2, 0.25) is 0 Å².